The molecule has 1 heterocycles. The van der Waals surface area contributed by atoms with Crippen LogP contribution in [0.15, 0.2) is 36.4 Å². The molecule has 1 aliphatic rings. The fraction of sp³-hybridized carbons (Fsp3) is 0.263. The van der Waals surface area contributed by atoms with Gasteiger partial charge in [-0.3, -0.25) is 9.59 Å². The molecule has 0 aromatic heterocycles. The van der Waals surface area contributed by atoms with Crippen molar-refractivity contribution in [1.82, 2.24) is 0 Å². The first kappa shape index (κ1) is 17.8. The van der Waals surface area contributed by atoms with Crippen molar-refractivity contribution < 1.29 is 9.59 Å². The van der Waals surface area contributed by atoms with Gasteiger partial charge in [-0.15, -0.1) is 0 Å². The Morgan fingerprint density at radius 2 is 1.84 bits per heavy atom. The lowest BCUT2D eigenvalue weighted by Crippen LogP contribution is -2.28. The number of hydrogen-bond acceptors (Lipinski definition) is 2. The lowest BCUT2D eigenvalue weighted by Gasteiger charge is -2.18. The summed E-state index contributed by atoms with van der Waals surface area (Å²) in [5, 5.41) is 3.45. The van der Waals surface area contributed by atoms with Gasteiger partial charge in [-0.2, -0.15) is 0 Å². The fourth-order valence-corrected chi connectivity index (χ4v) is 3.42. The largest absolute Gasteiger partial charge is 0.324 e. The molecule has 0 saturated carbocycles. The van der Waals surface area contributed by atoms with E-state index in [1.165, 1.54) is 0 Å². The van der Waals surface area contributed by atoms with Gasteiger partial charge in [-0.05, 0) is 49.2 Å². The van der Waals surface area contributed by atoms with Crippen LogP contribution in [0.2, 0.25) is 10.0 Å². The summed E-state index contributed by atoms with van der Waals surface area (Å²) < 4.78 is 0. The molecule has 1 atom stereocenters. The minimum Gasteiger partial charge on any atom is -0.324 e. The zero-order valence-corrected chi connectivity index (χ0v) is 15.5. The summed E-state index contributed by atoms with van der Waals surface area (Å²) in [5.41, 5.74) is 3.46. The van der Waals surface area contributed by atoms with Gasteiger partial charge in [-0.25, -0.2) is 0 Å². The maximum absolute atomic E-state index is 12.5. The molecule has 2 aromatic carbocycles. The fourth-order valence-electron chi connectivity index (χ4n) is 3.07. The number of carbonyl (C=O) groups is 2. The Hall–Kier alpha value is -2.04. The van der Waals surface area contributed by atoms with Crippen LogP contribution in [-0.4, -0.2) is 18.4 Å². The summed E-state index contributed by atoms with van der Waals surface area (Å²) in [6.07, 6.45) is 0.178. The molecule has 4 nitrogen and oxygen atoms in total. The average molecular weight is 377 g/mol. The van der Waals surface area contributed by atoms with Gasteiger partial charge < -0.3 is 10.2 Å². The van der Waals surface area contributed by atoms with E-state index in [-0.39, 0.29) is 18.2 Å². The number of nitrogens with one attached hydrogen (secondary N) is 1. The van der Waals surface area contributed by atoms with E-state index in [0.717, 1.165) is 16.8 Å². The molecule has 3 rings (SSSR count). The molecule has 1 aliphatic heterocycles. The van der Waals surface area contributed by atoms with E-state index in [2.05, 4.69) is 11.4 Å². The van der Waals surface area contributed by atoms with Crippen LogP contribution in [-0.2, 0) is 9.59 Å². The van der Waals surface area contributed by atoms with Crippen molar-refractivity contribution >= 4 is 46.4 Å². The Morgan fingerprint density at radius 1 is 1.16 bits per heavy atom. The number of aryl methyl sites for hydroxylation is 2. The quantitative estimate of drug-likeness (QED) is 0.850. The standard InChI is InChI=1S/C19H18Cl2N2O2/c1-11-6-12(2)8-14(7-11)23-10-13(9-17(23)24)19(25)22-16-5-3-4-15(20)18(16)21/h3-8,13H,9-10H2,1-2H3,(H,22,25)/t13-/m1/s1. The van der Waals surface area contributed by atoms with E-state index < -0.39 is 5.92 Å². The molecular weight excluding hydrogens is 359 g/mol. The molecule has 0 unspecified atom stereocenters. The molecule has 25 heavy (non-hydrogen) atoms. The number of nitrogens with zero attached hydrogens (tertiary/aromatic N) is 1. The van der Waals surface area contributed by atoms with Crippen molar-refractivity contribution in [2.45, 2.75) is 20.3 Å². The normalized spacial score (nSPS) is 17.0. The average Bonchev–Trinajstić information content (AvgIpc) is 2.93. The van der Waals surface area contributed by atoms with Crippen LogP contribution in [0.5, 0.6) is 0 Å². The number of carbonyl (C=O) groups excluding carboxylic acids is 2. The molecule has 1 saturated heterocycles. The summed E-state index contributed by atoms with van der Waals surface area (Å²) in [5.74, 6) is -0.713. The smallest absolute Gasteiger partial charge is 0.229 e. The highest BCUT2D eigenvalue weighted by Crippen LogP contribution is 2.31. The lowest BCUT2D eigenvalue weighted by atomic mass is 10.1. The first-order valence-electron chi connectivity index (χ1n) is 7.98. The van der Waals surface area contributed by atoms with E-state index >= 15 is 0 Å². The van der Waals surface area contributed by atoms with Gasteiger partial charge in [0.1, 0.15) is 0 Å². The molecule has 2 amide bonds. The highest BCUT2D eigenvalue weighted by atomic mass is 35.5. The number of halogens is 2. The zero-order chi connectivity index (χ0) is 18.1. The van der Waals surface area contributed by atoms with Crippen LogP contribution in [0, 0.1) is 19.8 Å². The van der Waals surface area contributed by atoms with Gasteiger partial charge >= 0.3 is 0 Å². The summed E-state index contributed by atoms with van der Waals surface area (Å²) in [6, 6.07) is 11.0. The SMILES string of the molecule is Cc1cc(C)cc(N2C[C@H](C(=O)Nc3cccc(Cl)c3Cl)CC2=O)c1. The first-order chi connectivity index (χ1) is 11.8. The van der Waals surface area contributed by atoms with Crippen molar-refractivity contribution in [3.63, 3.8) is 0 Å². The van der Waals surface area contributed by atoms with E-state index in [1.54, 1.807) is 23.1 Å². The third kappa shape index (κ3) is 3.80. The second-order valence-electron chi connectivity index (χ2n) is 6.34. The van der Waals surface area contributed by atoms with Crippen molar-refractivity contribution in [3.05, 3.63) is 57.6 Å². The minimum absolute atomic E-state index is 0.0534. The van der Waals surface area contributed by atoms with E-state index in [0.29, 0.717) is 22.3 Å². The van der Waals surface area contributed by atoms with Crippen molar-refractivity contribution in [3.8, 4) is 0 Å². The van der Waals surface area contributed by atoms with Crippen LogP contribution >= 0.6 is 23.2 Å². The summed E-state index contributed by atoms with van der Waals surface area (Å²) in [6.45, 7) is 4.33. The van der Waals surface area contributed by atoms with Crippen LogP contribution in [0.1, 0.15) is 17.5 Å². The second kappa shape index (κ2) is 7.06. The predicted octanol–water partition coefficient (Wildman–Crippen LogP) is 4.60. The summed E-state index contributed by atoms with van der Waals surface area (Å²) in [7, 11) is 0. The Labute approximate surface area is 156 Å². The monoisotopic (exact) mass is 376 g/mol. The van der Waals surface area contributed by atoms with Crippen LogP contribution in [0.25, 0.3) is 0 Å². The molecule has 1 N–H and O–H groups in total. The molecule has 0 bridgehead atoms. The molecule has 0 aliphatic carbocycles. The number of amides is 2. The Balaban J connectivity index is 1.75. The summed E-state index contributed by atoms with van der Waals surface area (Å²) >= 11 is 12.1. The highest BCUT2D eigenvalue weighted by molar-refractivity contribution is 6.44. The van der Waals surface area contributed by atoms with Crippen LogP contribution in [0.3, 0.4) is 0 Å². The molecule has 0 radical (unpaired) electrons. The van der Waals surface area contributed by atoms with Crippen molar-refractivity contribution in [2.75, 3.05) is 16.8 Å². The molecular formula is C19H18Cl2N2O2. The first-order valence-corrected chi connectivity index (χ1v) is 8.74. The predicted molar refractivity (Wildman–Crippen MR) is 101 cm³/mol. The Bertz CT molecular complexity index is 831. The Kier molecular flexibility index (Phi) is 5.02. The molecule has 2 aromatic rings. The molecule has 1 fully saturated rings. The third-order valence-electron chi connectivity index (χ3n) is 4.22. The highest BCUT2D eigenvalue weighted by Gasteiger charge is 2.35. The van der Waals surface area contributed by atoms with E-state index in [9.17, 15) is 9.59 Å². The van der Waals surface area contributed by atoms with Crippen LogP contribution < -0.4 is 10.2 Å². The zero-order valence-electron chi connectivity index (χ0n) is 14.0. The van der Waals surface area contributed by atoms with E-state index in [1.807, 2.05) is 26.0 Å². The minimum atomic E-state index is -0.427. The number of benzene rings is 2. The Morgan fingerprint density at radius 3 is 2.52 bits per heavy atom. The van der Waals surface area contributed by atoms with Gasteiger partial charge in [0.25, 0.3) is 0 Å². The second-order valence-corrected chi connectivity index (χ2v) is 7.13. The topological polar surface area (TPSA) is 49.4 Å². The number of hydrogen-bond donors (Lipinski definition) is 1. The summed E-state index contributed by atoms with van der Waals surface area (Å²) in [4.78, 5) is 26.6. The molecule has 6 heteroatoms. The maximum Gasteiger partial charge on any atom is 0.229 e. The maximum atomic E-state index is 12.5. The van der Waals surface area contributed by atoms with Crippen molar-refractivity contribution in [1.29, 1.82) is 0 Å². The van der Waals surface area contributed by atoms with Crippen molar-refractivity contribution in [2.24, 2.45) is 5.92 Å². The van der Waals surface area contributed by atoms with E-state index in [4.69, 9.17) is 23.2 Å². The van der Waals surface area contributed by atoms with Gasteiger partial charge in [-0.1, -0.05) is 35.3 Å². The number of anilines is 2. The number of rotatable bonds is 3. The van der Waals surface area contributed by atoms with Gasteiger partial charge in [0.15, 0.2) is 0 Å². The molecule has 0 spiro atoms. The van der Waals surface area contributed by atoms with Gasteiger partial charge in [0, 0.05) is 18.7 Å². The molecule has 130 valence electrons. The van der Waals surface area contributed by atoms with Gasteiger partial charge in [0.05, 0.1) is 21.7 Å². The van der Waals surface area contributed by atoms with Crippen LogP contribution in [0.4, 0.5) is 11.4 Å². The van der Waals surface area contributed by atoms with Gasteiger partial charge in [0.2, 0.25) is 11.8 Å². The lowest BCUT2D eigenvalue weighted by molar-refractivity contribution is -0.122. The third-order valence-corrected chi connectivity index (χ3v) is 5.04.